The van der Waals surface area contributed by atoms with Crippen LogP contribution >= 0.6 is 0 Å². The van der Waals surface area contributed by atoms with Crippen molar-refractivity contribution in [1.29, 1.82) is 0 Å². The van der Waals surface area contributed by atoms with Gasteiger partial charge in [-0.25, -0.2) is 5.06 Å². The molecule has 0 radical (unpaired) electrons. The smallest absolute Gasteiger partial charge is 0.248 e. The van der Waals surface area contributed by atoms with Gasteiger partial charge in [0.05, 0.1) is 19.6 Å². The van der Waals surface area contributed by atoms with Crippen LogP contribution in [0.2, 0.25) is 0 Å². The number of carbonyl (C=O) groups excluding carboxylic acids is 1. The largest absolute Gasteiger partial charge is 0.317 e. The van der Waals surface area contributed by atoms with Crippen LogP contribution in [0, 0.1) is 5.92 Å². The van der Waals surface area contributed by atoms with Crippen LogP contribution in [0.15, 0.2) is 0 Å². The number of rotatable bonds is 2. The zero-order valence-corrected chi connectivity index (χ0v) is 7.79. The monoisotopic (exact) mass is 184 g/mol. The van der Waals surface area contributed by atoms with Gasteiger partial charge in [0, 0.05) is 0 Å². The van der Waals surface area contributed by atoms with Gasteiger partial charge < -0.3 is 5.32 Å². The standard InChI is InChI=1S/C9H16N2O2/c12-9-3-6-13-11(9)7-8-1-4-10-5-2-8/h8,10H,1-7H2. The molecule has 0 unspecified atom stereocenters. The van der Waals surface area contributed by atoms with Gasteiger partial charge in [0.2, 0.25) is 5.91 Å². The van der Waals surface area contributed by atoms with Gasteiger partial charge in [-0.15, -0.1) is 0 Å². The van der Waals surface area contributed by atoms with Gasteiger partial charge in [-0.3, -0.25) is 9.63 Å². The number of carbonyl (C=O) groups is 1. The molecule has 4 nitrogen and oxygen atoms in total. The average Bonchev–Trinajstić information content (AvgIpc) is 2.54. The lowest BCUT2D eigenvalue weighted by Gasteiger charge is -2.26. The SMILES string of the molecule is O=C1CCON1CC1CCNCC1. The fourth-order valence-electron chi connectivity index (χ4n) is 1.89. The third-order valence-corrected chi connectivity index (χ3v) is 2.72. The molecule has 2 heterocycles. The fraction of sp³-hybridized carbons (Fsp3) is 0.889. The summed E-state index contributed by atoms with van der Waals surface area (Å²) in [4.78, 5) is 16.5. The van der Waals surface area contributed by atoms with Crippen molar-refractivity contribution in [2.75, 3.05) is 26.2 Å². The Morgan fingerprint density at radius 3 is 2.85 bits per heavy atom. The summed E-state index contributed by atoms with van der Waals surface area (Å²) in [6, 6.07) is 0. The van der Waals surface area contributed by atoms with Crippen molar-refractivity contribution in [2.24, 2.45) is 5.92 Å². The minimum Gasteiger partial charge on any atom is -0.317 e. The molecule has 0 atom stereocenters. The van der Waals surface area contributed by atoms with Crippen LogP contribution in [-0.2, 0) is 9.63 Å². The van der Waals surface area contributed by atoms with Crippen molar-refractivity contribution in [3.8, 4) is 0 Å². The number of piperidine rings is 1. The predicted octanol–water partition coefficient (Wildman–Crippen LogP) is 0.150. The molecule has 74 valence electrons. The third kappa shape index (κ3) is 2.19. The molecule has 2 saturated heterocycles. The molecule has 0 aromatic rings. The van der Waals surface area contributed by atoms with Crippen molar-refractivity contribution in [3.63, 3.8) is 0 Å². The molecule has 0 saturated carbocycles. The van der Waals surface area contributed by atoms with Gasteiger partial charge in [0.1, 0.15) is 0 Å². The van der Waals surface area contributed by atoms with Gasteiger partial charge in [-0.05, 0) is 31.8 Å². The Labute approximate surface area is 78.2 Å². The fourth-order valence-corrected chi connectivity index (χ4v) is 1.89. The van der Waals surface area contributed by atoms with E-state index in [-0.39, 0.29) is 5.91 Å². The van der Waals surface area contributed by atoms with Crippen LogP contribution in [0.5, 0.6) is 0 Å². The van der Waals surface area contributed by atoms with E-state index in [1.54, 1.807) is 5.06 Å². The molecule has 1 N–H and O–H groups in total. The van der Waals surface area contributed by atoms with Gasteiger partial charge in [0.25, 0.3) is 0 Å². The molecular formula is C9H16N2O2. The molecule has 2 fully saturated rings. The van der Waals surface area contributed by atoms with Crippen LogP contribution in [-0.4, -0.2) is 37.2 Å². The van der Waals surface area contributed by atoms with Crippen molar-refractivity contribution in [3.05, 3.63) is 0 Å². The summed E-state index contributed by atoms with van der Waals surface area (Å²) in [6.45, 7) is 3.52. The second kappa shape index (κ2) is 4.07. The van der Waals surface area contributed by atoms with Gasteiger partial charge in [-0.2, -0.15) is 0 Å². The first-order valence-electron chi connectivity index (χ1n) is 5.00. The molecule has 1 amide bonds. The Kier molecular flexibility index (Phi) is 2.80. The molecule has 0 aromatic carbocycles. The van der Waals surface area contributed by atoms with E-state index in [1.807, 2.05) is 0 Å². The van der Waals surface area contributed by atoms with Crippen molar-refractivity contribution in [1.82, 2.24) is 10.4 Å². The maximum atomic E-state index is 11.2. The van der Waals surface area contributed by atoms with Gasteiger partial charge in [0.15, 0.2) is 0 Å². The molecule has 0 bridgehead atoms. The lowest BCUT2D eigenvalue weighted by Crippen LogP contribution is -2.36. The summed E-state index contributed by atoms with van der Waals surface area (Å²) in [6.07, 6.45) is 2.88. The van der Waals surface area contributed by atoms with E-state index in [2.05, 4.69) is 5.32 Å². The van der Waals surface area contributed by atoms with Crippen molar-refractivity contribution < 1.29 is 9.63 Å². The predicted molar refractivity (Wildman–Crippen MR) is 47.9 cm³/mol. The summed E-state index contributed by atoms with van der Waals surface area (Å²) >= 11 is 0. The highest BCUT2D eigenvalue weighted by Gasteiger charge is 2.25. The Morgan fingerprint density at radius 2 is 2.23 bits per heavy atom. The van der Waals surface area contributed by atoms with E-state index in [9.17, 15) is 4.79 Å². The van der Waals surface area contributed by atoms with Crippen molar-refractivity contribution in [2.45, 2.75) is 19.3 Å². The number of hydrogen-bond acceptors (Lipinski definition) is 3. The van der Waals surface area contributed by atoms with Crippen LogP contribution in [0.3, 0.4) is 0 Å². The Hall–Kier alpha value is -0.610. The molecule has 2 aliphatic rings. The van der Waals surface area contributed by atoms with E-state index in [0.29, 0.717) is 18.9 Å². The van der Waals surface area contributed by atoms with E-state index in [0.717, 1.165) is 32.5 Å². The van der Waals surface area contributed by atoms with Crippen LogP contribution < -0.4 is 5.32 Å². The summed E-state index contributed by atoms with van der Waals surface area (Å²) in [5, 5.41) is 4.86. The third-order valence-electron chi connectivity index (χ3n) is 2.72. The first kappa shape index (κ1) is 8.97. The summed E-state index contributed by atoms with van der Waals surface area (Å²) < 4.78 is 0. The molecule has 4 heteroatoms. The number of nitrogens with zero attached hydrogens (tertiary/aromatic N) is 1. The van der Waals surface area contributed by atoms with Crippen LogP contribution in [0.25, 0.3) is 0 Å². The normalized spacial score (nSPS) is 25.5. The second-order valence-electron chi connectivity index (χ2n) is 3.73. The highest BCUT2D eigenvalue weighted by molar-refractivity contribution is 5.76. The molecule has 13 heavy (non-hydrogen) atoms. The number of hydrogen-bond donors (Lipinski definition) is 1. The maximum Gasteiger partial charge on any atom is 0.248 e. The molecule has 0 spiro atoms. The molecular weight excluding hydrogens is 168 g/mol. The highest BCUT2D eigenvalue weighted by Crippen LogP contribution is 2.16. The first-order valence-corrected chi connectivity index (χ1v) is 5.00. The van der Waals surface area contributed by atoms with Crippen LogP contribution in [0.4, 0.5) is 0 Å². The minimum absolute atomic E-state index is 0.151. The first-order chi connectivity index (χ1) is 6.36. The second-order valence-corrected chi connectivity index (χ2v) is 3.73. The Bertz CT molecular complexity index is 190. The summed E-state index contributed by atoms with van der Waals surface area (Å²) in [5.41, 5.74) is 0. The quantitative estimate of drug-likeness (QED) is 0.664. The molecule has 0 aromatic heterocycles. The molecule has 2 rings (SSSR count). The Balaban J connectivity index is 1.79. The van der Waals surface area contributed by atoms with Crippen LogP contribution in [0.1, 0.15) is 19.3 Å². The lowest BCUT2D eigenvalue weighted by molar-refractivity contribution is -0.165. The average molecular weight is 184 g/mol. The minimum atomic E-state index is 0.151. The van der Waals surface area contributed by atoms with Gasteiger partial charge in [-0.1, -0.05) is 0 Å². The van der Waals surface area contributed by atoms with E-state index < -0.39 is 0 Å². The van der Waals surface area contributed by atoms with Crippen molar-refractivity contribution >= 4 is 5.91 Å². The van der Waals surface area contributed by atoms with E-state index in [4.69, 9.17) is 4.84 Å². The number of hydroxylamine groups is 2. The molecule has 2 aliphatic heterocycles. The summed E-state index contributed by atoms with van der Waals surface area (Å²) in [5.74, 6) is 0.779. The number of nitrogens with one attached hydrogen (secondary N) is 1. The lowest BCUT2D eigenvalue weighted by atomic mass is 9.98. The maximum absolute atomic E-state index is 11.2. The van der Waals surface area contributed by atoms with E-state index in [1.165, 1.54) is 0 Å². The zero-order chi connectivity index (χ0) is 9.10. The van der Waals surface area contributed by atoms with E-state index >= 15 is 0 Å². The highest BCUT2D eigenvalue weighted by atomic mass is 16.7. The summed E-state index contributed by atoms with van der Waals surface area (Å²) in [7, 11) is 0. The van der Waals surface area contributed by atoms with Gasteiger partial charge >= 0.3 is 0 Å². The number of amides is 1. The topological polar surface area (TPSA) is 41.6 Å². The molecule has 0 aliphatic carbocycles. The zero-order valence-electron chi connectivity index (χ0n) is 7.79. The Morgan fingerprint density at radius 1 is 1.46 bits per heavy atom.